The molecule has 2 rings (SSSR count). The van der Waals surface area contributed by atoms with Crippen LogP contribution in [0, 0.1) is 0 Å². The molecule has 126 valence electrons. The van der Waals surface area contributed by atoms with Crippen molar-refractivity contribution < 1.29 is 0 Å². The molecular weight excluding hydrogens is 308 g/mol. The van der Waals surface area contributed by atoms with E-state index in [0.717, 1.165) is 25.0 Å². The molecule has 2 heterocycles. The molecular formula is C18H27ClN4. The summed E-state index contributed by atoms with van der Waals surface area (Å²) in [5.74, 6) is 1.38. The average molecular weight is 335 g/mol. The molecule has 0 saturated carbocycles. The topological polar surface area (TPSA) is 56.7 Å². The number of pyridine rings is 1. The Labute approximate surface area is 144 Å². The molecule has 0 radical (unpaired) electrons. The summed E-state index contributed by atoms with van der Waals surface area (Å²) in [7, 11) is 0. The lowest BCUT2D eigenvalue weighted by atomic mass is 10.0. The van der Waals surface area contributed by atoms with E-state index in [1.54, 1.807) is 10.7 Å². The summed E-state index contributed by atoms with van der Waals surface area (Å²) < 4.78 is 1.72. The van der Waals surface area contributed by atoms with Gasteiger partial charge in [-0.2, -0.15) is 9.78 Å². The zero-order valence-corrected chi connectivity index (χ0v) is 14.9. The van der Waals surface area contributed by atoms with Gasteiger partial charge in [0.25, 0.3) is 0 Å². The Bertz CT molecular complexity index is 621. The maximum absolute atomic E-state index is 6.34. The summed E-state index contributed by atoms with van der Waals surface area (Å²) in [6.45, 7) is 4.36. The minimum absolute atomic E-state index is 0.452. The lowest BCUT2D eigenvalue weighted by molar-refractivity contribution is 0.607. The van der Waals surface area contributed by atoms with E-state index in [-0.39, 0.29) is 0 Å². The minimum Gasteiger partial charge on any atom is -0.383 e. The Morgan fingerprint density at radius 3 is 2.52 bits per heavy atom. The van der Waals surface area contributed by atoms with Crippen molar-refractivity contribution in [1.29, 1.82) is 0 Å². The van der Waals surface area contributed by atoms with Crippen LogP contribution in [-0.4, -0.2) is 14.8 Å². The summed E-state index contributed by atoms with van der Waals surface area (Å²) in [5.41, 5.74) is 8.58. The van der Waals surface area contributed by atoms with Crippen molar-refractivity contribution >= 4 is 17.4 Å². The molecule has 0 fully saturated rings. The molecule has 5 heteroatoms. The van der Waals surface area contributed by atoms with E-state index in [1.807, 2.05) is 12.1 Å². The van der Waals surface area contributed by atoms with Crippen LogP contribution in [0.3, 0.4) is 0 Å². The fraction of sp³-hybridized carbons (Fsp3) is 0.556. The average Bonchev–Trinajstić information content (AvgIpc) is 2.87. The molecule has 2 aromatic rings. The van der Waals surface area contributed by atoms with E-state index in [2.05, 4.69) is 23.9 Å². The van der Waals surface area contributed by atoms with Gasteiger partial charge in [-0.25, -0.2) is 4.98 Å². The van der Waals surface area contributed by atoms with Crippen molar-refractivity contribution in [2.45, 2.75) is 65.2 Å². The summed E-state index contributed by atoms with van der Waals surface area (Å²) in [4.78, 5) is 4.31. The first-order valence-electron chi connectivity index (χ1n) is 8.66. The summed E-state index contributed by atoms with van der Waals surface area (Å²) in [6, 6.07) is 5.50. The number of hydrogen-bond donors (Lipinski definition) is 1. The maximum Gasteiger partial charge on any atom is 0.157 e. The van der Waals surface area contributed by atoms with Crippen LogP contribution in [0.4, 0.5) is 5.82 Å². The second-order valence-corrected chi connectivity index (χ2v) is 6.30. The minimum atomic E-state index is 0.452. The van der Waals surface area contributed by atoms with Crippen molar-refractivity contribution in [2.75, 3.05) is 5.73 Å². The predicted octanol–water partition coefficient (Wildman–Crippen LogP) is 4.97. The van der Waals surface area contributed by atoms with Gasteiger partial charge in [-0.1, -0.05) is 63.6 Å². The van der Waals surface area contributed by atoms with Crippen LogP contribution in [0.15, 0.2) is 18.2 Å². The van der Waals surface area contributed by atoms with Gasteiger partial charge in [0.2, 0.25) is 0 Å². The largest absolute Gasteiger partial charge is 0.383 e. The molecule has 0 bridgehead atoms. The van der Waals surface area contributed by atoms with Crippen LogP contribution in [0.1, 0.15) is 63.6 Å². The third-order valence-electron chi connectivity index (χ3n) is 4.14. The van der Waals surface area contributed by atoms with Crippen LogP contribution in [-0.2, 0) is 12.8 Å². The Kier molecular flexibility index (Phi) is 6.90. The molecule has 0 aliphatic heterocycles. The molecule has 0 aliphatic rings. The van der Waals surface area contributed by atoms with Gasteiger partial charge in [0.15, 0.2) is 5.82 Å². The van der Waals surface area contributed by atoms with Gasteiger partial charge in [0.05, 0.1) is 5.69 Å². The van der Waals surface area contributed by atoms with E-state index >= 15 is 0 Å². The number of nitrogens with zero attached hydrogens (tertiary/aromatic N) is 3. The van der Waals surface area contributed by atoms with E-state index < -0.39 is 0 Å². The summed E-state index contributed by atoms with van der Waals surface area (Å²) in [6.07, 6.45) is 9.54. The van der Waals surface area contributed by atoms with Crippen molar-refractivity contribution in [2.24, 2.45) is 0 Å². The number of aryl methyl sites for hydroxylation is 1. The van der Waals surface area contributed by atoms with E-state index in [1.165, 1.54) is 37.7 Å². The van der Waals surface area contributed by atoms with Gasteiger partial charge in [-0.15, -0.1) is 0 Å². The van der Waals surface area contributed by atoms with Gasteiger partial charge < -0.3 is 5.73 Å². The zero-order chi connectivity index (χ0) is 16.7. The van der Waals surface area contributed by atoms with Crippen LogP contribution in [0.25, 0.3) is 5.82 Å². The third-order valence-corrected chi connectivity index (χ3v) is 4.35. The number of anilines is 1. The van der Waals surface area contributed by atoms with Gasteiger partial charge in [0, 0.05) is 5.56 Å². The first-order chi connectivity index (χ1) is 11.2. The number of halogens is 1. The molecule has 0 saturated heterocycles. The molecule has 0 amide bonds. The zero-order valence-electron chi connectivity index (χ0n) is 14.2. The van der Waals surface area contributed by atoms with Crippen LogP contribution in [0.2, 0.25) is 5.15 Å². The number of rotatable bonds is 9. The standard InChI is InChI=1S/C18H27ClN4/c1-3-5-6-7-8-9-11-14-15(4-2)22-23(18(14)20)17-13-10-12-16(19)21-17/h10,12-13H,3-9,11,20H2,1-2H3. The second-order valence-electron chi connectivity index (χ2n) is 5.91. The number of nitrogens with two attached hydrogens (primary N) is 1. The first-order valence-corrected chi connectivity index (χ1v) is 9.04. The normalized spacial score (nSPS) is 11.1. The van der Waals surface area contributed by atoms with E-state index in [4.69, 9.17) is 17.3 Å². The van der Waals surface area contributed by atoms with Crippen molar-refractivity contribution in [3.05, 3.63) is 34.6 Å². The Hall–Kier alpha value is -1.55. The SMILES string of the molecule is CCCCCCCCc1c(CC)nn(-c2cccc(Cl)n2)c1N. The molecule has 0 aromatic carbocycles. The lowest BCUT2D eigenvalue weighted by Crippen LogP contribution is -2.05. The third kappa shape index (κ3) is 4.71. The molecule has 0 atom stereocenters. The number of hydrogen-bond acceptors (Lipinski definition) is 3. The Balaban J connectivity index is 2.08. The maximum atomic E-state index is 6.34. The molecule has 0 unspecified atom stereocenters. The van der Waals surface area contributed by atoms with Gasteiger partial charge in [0.1, 0.15) is 11.0 Å². The lowest BCUT2D eigenvalue weighted by Gasteiger charge is -2.05. The van der Waals surface area contributed by atoms with Crippen molar-refractivity contribution in [1.82, 2.24) is 14.8 Å². The Morgan fingerprint density at radius 1 is 1.09 bits per heavy atom. The number of unbranched alkanes of at least 4 members (excludes halogenated alkanes) is 5. The molecule has 23 heavy (non-hydrogen) atoms. The first kappa shape index (κ1) is 17.8. The highest BCUT2D eigenvalue weighted by molar-refractivity contribution is 6.29. The van der Waals surface area contributed by atoms with Crippen molar-refractivity contribution in [3.8, 4) is 5.82 Å². The number of aromatic nitrogens is 3. The highest BCUT2D eigenvalue weighted by Gasteiger charge is 2.15. The van der Waals surface area contributed by atoms with Crippen LogP contribution in [0.5, 0.6) is 0 Å². The number of nitrogen functional groups attached to an aromatic ring is 1. The van der Waals surface area contributed by atoms with Crippen molar-refractivity contribution in [3.63, 3.8) is 0 Å². The highest BCUT2D eigenvalue weighted by Crippen LogP contribution is 2.24. The van der Waals surface area contributed by atoms with Gasteiger partial charge in [-0.3, -0.25) is 0 Å². The fourth-order valence-electron chi connectivity index (χ4n) is 2.84. The smallest absolute Gasteiger partial charge is 0.157 e. The van der Waals surface area contributed by atoms with Crippen LogP contribution >= 0.6 is 11.6 Å². The van der Waals surface area contributed by atoms with Gasteiger partial charge >= 0.3 is 0 Å². The van der Waals surface area contributed by atoms with Gasteiger partial charge in [-0.05, 0) is 31.4 Å². The molecule has 0 spiro atoms. The van der Waals surface area contributed by atoms with Crippen LogP contribution < -0.4 is 5.73 Å². The van der Waals surface area contributed by atoms with E-state index in [0.29, 0.717) is 16.8 Å². The molecule has 2 aromatic heterocycles. The molecule has 0 aliphatic carbocycles. The summed E-state index contributed by atoms with van der Waals surface area (Å²) in [5, 5.41) is 5.09. The predicted molar refractivity (Wildman–Crippen MR) is 97.2 cm³/mol. The molecule has 2 N–H and O–H groups in total. The molecule has 4 nitrogen and oxygen atoms in total. The Morgan fingerprint density at radius 2 is 1.83 bits per heavy atom. The highest BCUT2D eigenvalue weighted by atomic mass is 35.5. The fourth-order valence-corrected chi connectivity index (χ4v) is 3.00. The van der Waals surface area contributed by atoms with E-state index in [9.17, 15) is 0 Å². The quantitative estimate of drug-likeness (QED) is 0.520. The second kappa shape index (κ2) is 8.92. The monoisotopic (exact) mass is 334 g/mol. The summed E-state index contributed by atoms with van der Waals surface area (Å²) >= 11 is 5.98.